The van der Waals surface area contributed by atoms with Crippen LogP contribution in [0.1, 0.15) is 6.92 Å². The molecule has 0 aliphatic carbocycles. The number of ether oxygens (including phenoxy) is 5. The van der Waals surface area contributed by atoms with Gasteiger partial charge in [0.05, 0.1) is 19.7 Å². The summed E-state index contributed by atoms with van der Waals surface area (Å²) in [7, 11) is 0. The van der Waals surface area contributed by atoms with Crippen molar-refractivity contribution in [3.63, 3.8) is 0 Å². The second-order valence-electron chi connectivity index (χ2n) is 9.17. The molecule has 0 aliphatic rings. The molecule has 0 aromatic heterocycles. The van der Waals surface area contributed by atoms with Gasteiger partial charge in [-0.2, -0.15) is 0 Å². The van der Waals surface area contributed by atoms with Gasteiger partial charge >= 0.3 is 12.2 Å². The van der Waals surface area contributed by atoms with Crippen LogP contribution in [0.15, 0.2) is 97.1 Å². The third-order valence-electron chi connectivity index (χ3n) is 5.93. The molecule has 0 spiro atoms. The van der Waals surface area contributed by atoms with E-state index in [4.69, 9.17) is 46.9 Å². The molecule has 11 nitrogen and oxygen atoms in total. The number of halogens is 2. The molecule has 0 saturated heterocycles. The Kier molecular flexibility index (Phi) is 12.8. The SMILES string of the molecule is CCOC(=O)N(CCOc1ccc(Oc2ccc(Cl)cc2)cc1)S(=O)N(CCOc1ccc(Oc2ccc(Cl)cc2)cc1)C(=O)O. The molecule has 0 radical (unpaired) electrons. The first-order valence-corrected chi connectivity index (χ1v) is 15.7. The van der Waals surface area contributed by atoms with E-state index in [1.165, 1.54) is 0 Å². The molecular weight excluding hydrogens is 659 g/mol. The third kappa shape index (κ3) is 10.5. The number of amides is 2. The Bertz CT molecular complexity index is 1590. The van der Waals surface area contributed by atoms with E-state index in [0.717, 1.165) is 4.31 Å². The van der Waals surface area contributed by atoms with Gasteiger partial charge in [-0.25, -0.2) is 22.4 Å². The molecule has 1 unspecified atom stereocenters. The summed E-state index contributed by atoms with van der Waals surface area (Å²) in [6, 6.07) is 27.1. The predicted molar refractivity (Wildman–Crippen MR) is 174 cm³/mol. The van der Waals surface area contributed by atoms with E-state index in [-0.39, 0.29) is 32.9 Å². The van der Waals surface area contributed by atoms with Crippen LogP contribution in [-0.2, 0) is 15.9 Å². The Hall–Kier alpha value is -4.65. The van der Waals surface area contributed by atoms with Gasteiger partial charge in [0.1, 0.15) is 47.7 Å². The maximum atomic E-state index is 13.3. The molecule has 14 heteroatoms. The molecule has 4 rings (SSSR count). The van der Waals surface area contributed by atoms with Crippen molar-refractivity contribution >= 4 is 46.6 Å². The van der Waals surface area contributed by atoms with E-state index in [9.17, 15) is 18.9 Å². The molecule has 1 N–H and O–H groups in total. The molecule has 0 heterocycles. The Morgan fingerprint density at radius 3 is 1.35 bits per heavy atom. The summed E-state index contributed by atoms with van der Waals surface area (Å²) in [6.07, 6.45) is -2.47. The molecule has 242 valence electrons. The summed E-state index contributed by atoms with van der Waals surface area (Å²) in [5.41, 5.74) is 0. The summed E-state index contributed by atoms with van der Waals surface area (Å²) in [6.45, 7) is 0.794. The van der Waals surface area contributed by atoms with Gasteiger partial charge in [-0.3, -0.25) is 0 Å². The van der Waals surface area contributed by atoms with Crippen LogP contribution in [0.4, 0.5) is 9.59 Å². The normalized spacial score (nSPS) is 11.2. The van der Waals surface area contributed by atoms with Crippen LogP contribution in [0.5, 0.6) is 34.5 Å². The average molecular weight is 690 g/mol. The van der Waals surface area contributed by atoms with Gasteiger partial charge in [-0.15, -0.1) is 0 Å². The van der Waals surface area contributed by atoms with Crippen molar-refractivity contribution in [2.45, 2.75) is 6.92 Å². The predicted octanol–water partition coefficient (Wildman–Crippen LogP) is 8.05. The van der Waals surface area contributed by atoms with E-state index in [1.54, 1.807) is 104 Å². The number of carbonyl (C=O) groups excluding carboxylic acids is 1. The van der Waals surface area contributed by atoms with Crippen molar-refractivity contribution in [2.75, 3.05) is 32.9 Å². The number of carboxylic acid groups (broad SMARTS) is 1. The fraction of sp³-hybridized carbons (Fsp3) is 0.188. The van der Waals surface area contributed by atoms with E-state index >= 15 is 0 Å². The minimum atomic E-state index is -2.46. The molecule has 0 bridgehead atoms. The minimum Gasteiger partial charge on any atom is -0.492 e. The highest BCUT2D eigenvalue weighted by molar-refractivity contribution is 7.81. The molecule has 1 atom stereocenters. The molecule has 2 amide bonds. The summed E-state index contributed by atoms with van der Waals surface area (Å²) >= 11 is 9.34. The van der Waals surface area contributed by atoms with Gasteiger partial charge in [0.15, 0.2) is 0 Å². The van der Waals surface area contributed by atoms with E-state index in [1.807, 2.05) is 0 Å². The van der Waals surface area contributed by atoms with Crippen LogP contribution < -0.4 is 18.9 Å². The summed E-state index contributed by atoms with van der Waals surface area (Å²) in [5, 5.41) is 11.0. The average Bonchev–Trinajstić information content (AvgIpc) is 3.05. The topological polar surface area (TPSA) is 124 Å². The third-order valence-corrected chi connectivity index (χ3v) is 7.86. The molecule has 0 fully saturated rings. The Labute approximate surface area is 278 Å². The molecule has 0 saturated carbocycles. The summed E-state index contributed by atoms with van der Waals surface area (Å²) in [5.74, 6) is 3.21. The van der Waals surface area contributed by atoms with Crippen molar-refractivity contribution in [3.05, 3.63) is 107 Å². The van der Waals surface area contributed by atoms with Crippen molar-refractivity contribution in [1.82, 2.24) is 8.61 Å². The Morgan fingerprint density at radius 2 is 0.978 bits per heavy atom. The highest BCUT2D eigenvalue weighted by Crippen LogP contribution is 2.26. The maximum Gasteiger partial charge on any atom is 0.423 e. The Balaban J connectivity index is 1.29. The molecule has 46 heavy (non-hydrogen) atoms. The lowest BCUT2D eigenvalue weighted by Crippen LogP contribution is -2.47. The van der Waals surface area contributed by atoms with Crippen molar-refractivity contribution in [2.24, 2.45) is 0 Å². The van der Waals surface area contributed by atoms with Crippen molar-refractivity contribution < 1.29 is 42.6 Å². The van der Waals surface area contributed by atoms with Gasteiger partial charge in [0.2, 0.25) is 11.2 Å². The lowest BCUT2D eigenvalue weighted by molar-refractivity contribution is 0.125. The van der Waals surface area contributed by atoms with Gasteiger partial charge < -0.3 is 28.8 Å². The van der Waals surface area contributed by atoms with E-state index in [0.29, 0.717) is 48.8 Å². The molecule has 4 aromatic rings. The zero-order chi connectivity index (χ0) is 32.9. The first-order chi connectivity index (χ1) is 22.2. The minimum absolute atomic E-state index is 0.00359. The summed E-state index contributed by atoms with van der Waals surface area (Å²) < 4.78 is 42.5. The van der Waals surface area contributed by atoms with Crippen LogP contribution in [0.3, 0.4) is 0 Å². The summed E-state index contributed by atoms with van der Waals surface area (Å²) in [4.78, 5) is 24.6. The molecule has 0 aliphatic heterocycles. The van der Waals surface area contributed by atoms with Gasteiger partial charge in [-0.1, -0.05) is 23.2 Å². The highest BCUT2D eigenvalue weighted by Gasteiger charge is 2.30. The second-order valence-corrected chi connectivity index (χ2v) is 11.4. The van der Waals surface area contributed by atoms with E-state index < -0.39 is 23.4 Å². The van der Waals surface area contributed by atoms with Crippen LogP contribution in [0, 0.1) is 0 Å². The van der Waals surface area contributed by atoms with Gasteiger partial charge in [0.25, 0.3) is 0 Å². The van der Waals surface area contributed by atoms with Crippen LogP contribution in [-0.4, -0.2) is 63.0 Å². The number of benzene rings is 4. The molecular formula is C32H30Cl2N2O9S. The maximum absolute atomic E-state index is 13.3. The first kappa shape index (κ1) is 34.2. The molecule has 4 aromatic carbocycles. The standard InChI is InChI=1S/C32H30Cl2N2O9S/c1-2-41-32(39)36(20-22-43-26-13-17-30(18-14-26)45-28-9-5-24(34)6-10-28)46(40)35(31(37)38)19-21-42-25-11-15-29(16-12-25)44-27-7-3-23(33)4-8-27/h3-18H,2,19-22H2,1H3,(H,37,38). The Morgan fingerprint density at radius 1 is 0.630 bits per heavy atom. The number of hydrogen-bond donors (Lipinski definition) is 1. The number of carbonyl (C=O) groups is 2. The smallest absolute Gasteiger partial charge is 0.423 e. The van der Waals surface area contributed by atoms with E-state index in [2.05, 4.69) is 0 Å². The quantitative estimate of drug-likeness (QED) is 0.132. The van der Waals surface area contributed by atoms with Crippen molar-refractivity contribution in [1.29, 1.82) is 0 Å². The lowest BCUT2D eigenvalue weighted by Gasteiger charge is -2.26. The van der Waals surface area contributed by atoms with Gasteiger partial charge in [0, 0.05) is 10.0 Å². The van der Waals surface area contributed by atoms with Crippen LogP contribution in [0.2, 0.25) is 10.0 Å². The second kappa shape index (κ2) is 17.2. The number of nitrogens with zero attached hydrogens (tertiary/aromatic N) is 2. The zero-order valence-electron chi connectivity index (χ0n) is 24.5. The van der Waals surface area contributed by atoms with Crippen LogP contribution in [0.25, 0.3) is 0 Å². The number of hydrogen-bond acceptors (Lipinski definition) is 8. The van der Waals surface area contributed by atoms with Gasteiger partial charge in [-0.05, 0) is 104 Å². The fourth-order valence-electron chi connectivity index (χ4n) is 3.77. The largest absolute Gasteiger partial charge is 0.492 e. The number of rotatable bonds is 15. The van der Waals surface area contributed by atoms with Crippen molar-refractivity contribution in [3.8, 4) is 34.5 Å². The van der Waals surface area contributed by atoms with Crippen LogP contribution >= 0.6 is 23.2 Å². The zero-order valence-corrected chi connectivity index (χ0v) is 26.9. The first-order valence-electron chi connectivity index (χ1n) is 13.9. The monoisotopic (exact) mass is 688 g/mol. The highest BCUT2D eigenvalue weighted by atomic mass is 35.5. The lowest BCUT2D eigenvalue weighted by atomic mass is 10.3. The fourth-order valence-corrected chi connectivity index (χ4v) is 5.03.